The molecule has 3 heterocycles. The summed E-state index contributed by atoms with van der Waals surface area (Å²) in [5.41, 5.74) is 2.71. The van der Waals surface area contributed by atoms with Crippen LogP contribution in [0.3, 0.4) is 0 Å². The normalized spacial score (nSPS) is 14.4. The Bertz CT molecular complexity index is 1290. The fraction of sp³-hybridized carbons (Fsp3) is 0.192. The van der Waals surface area contributed by atoms with E-state index in [9.17, 15) is 4.79 Å². The van der Waals surface area contributed by atoms with Gasteiger partial charge in [-0.05, 0) is 48.8 Å². The highest BCUT2D eigenvalue weighted by atomic mass is 35.5. The van der Waals surface area contributed by atoms with Crippen LogP contribution in [-0.4, -0.2) is 54.0 Å². The molecule has 2 aromatic heterocycles. The summed E-state index contributed by atoms with van der Waals surface area (Å²) in [6.45, 7) is 3.89. The van der Waals surface area contributed by atoms with Gasteiger partial charge in [-0.1, -0.05) is 35.9 Å². The highest BCUT2D eigenvalue weighted by molar-refractivity contribution is 6.33. The van der Waals surface area contributed by atoms with Gasteiger partial charge in [0.1, 0.15) is 5.82 Å². The molecule has 0 bridgehead atoms. The molecule has 7 heteroatoms. The number of carbonyl (C=O) groups is 1. The lowest BCUT2D eigenvalue weighted by atomic mass is 10.0. The van der Waals surface area contributed by atoms with Crippen molar-refractivity contribution in [2.45, 2.75) is 0 Å². The highest BCUT2D eigenvalue weighted by Crippen LogP contribution is 2.33. The molecule has 0 unspecified atom stereocenters. The first-order valence-electron chi connectivity index (χ1n) is 10.9. The van der Waals surface area contributed by atoms with Crippen LogP contribution < -0.4 is 10.2 Å². The summed E-state index contributed by atoms with van der Waals surface area (Å²) < 4.78 is 0. The van der Waals surface area contributed by atoms with Crippen molar-refractivity contribution in [3.05, 3.63) is 83.6 Å². The zero-order valence-corrected chi connectivity index (χ0v) is 19.1. The second-order valence-corrected chi connectivity index (χ2v) is 8.63. The third-order valence-corrected chi connectivity index (χ3v) is 6.32. The summed E-state index contributed by atoms with van der Waals surface area (Å²) in [4.78, 5) is 26.5. The average Bonchev–Trinajstić information content (AvgIpc) is 2.85. The topological polar surface area (TPSA) is 61.4 Å². The lowest BCUT2D eigenvalue weighted by molar-refractivity contribution is 0.102. The van der Waals surface area contributed by atoms with Gasteiger partial charge >= 0.3 is 0 Å². The van der Waals surface area contributed by atoms with Crippen molar-refractivity contribution < 1.29 is 4.79 Å². The number of piperazine rings is 1. The van der Waals surface area contributed by atoms with Crippen molar-refractivity contribution in [3.8, 4) is 11.3 Å². The number of fused-ring (bicyclic) bond motifs is 1. The van der Waals surface area contributed by atoms with Gasteiger partial charge in [-0.2, -0.15) is 0 Å². The molecule has 33 heavy (non-hydrogen) atoms. The molecule has 5 rings (SSSR count). The van der Waals surface area contributed by atoms with Gasteiger partial charge < -0.3 is 15.1 Å². The Morgan fingerprint density at radius 1 is 0.970 bits per heavy atom. The first kappa shape index (κ1) is 21.4. The van der Waals surface area contributed by atoms with Gasteiger partial charge in [0.2, 0.25) is 0 Å². The summed E-state index contributed by atoms with van der Waals surface area (Å²) >= 11 is 6.51. The number of benzene rings is 2. The van der Waals surface area contributed by atoms with Crippen LogP contribution in [0.5, 0.6) is 0 Å². The van der Waals surface area contributed by atoms with E-state index in [1.54, 1.807) is 24.5 Å². The van der Waals surface area contributed by atoms with Gasteiger partial charge in [-0.3, -0.25) is 9.78 Å². The molecular formula is C26H24ClN5O. The molecule has 1 saturated heterocycles. The van der Waals surface area contributed by atoms with Crippen LogP contribution in [0.4, 0.5) is 11.5 Å². The standard InChI is InChI=1S/C26H24ClN5O/c1-31-12-14-32(15-13-31)24-9-6-19(17-29-24)26(33)30-20-7-8-23(27)22(16-20)25-21-5-3-2-4-18(21)10-11-28-25/h2-11,16-17H,12-15H2,1H3,(H,30,33). The number of carbonyl (C=O) groups excluding carboxylic acids is 1. The zero-order valence-electron chi connectivity index (χ0n) is 18.3. The number of hydrogen-bond acceptors (Lipinski definition) is 5. The number of anilines is 2. The number of aromatic nitrogens is 2. The third kappa shape index (κ3) is 4.53. The van der Waals surface area contributed by atoms with E-state index < -0.39 is 0 Å². The Hall–Kier alpha value is -3.48. The second kappa shape index (κ2) is 9.17. The smallest absolute Gasteiger partial charge is 0.257 e. The fourth-order valence-electron chi connectivity index (χ4n) is 4.07. The molecule has 1 amide bonds. The molecule has 0 spiro atoms. The van der Waals surface area contributed by atoms with Gasteiger partial charge in [-0.25, -0.2) is 4.98 Å². The summed E-state index contributed by atoms with van der Waals surface area (Å²) in [5.74, 6) is 0.682. The molecule has 0 saturated carbocycles. The van der Waals surface area contributed by atoms with Crippen molar-refractivity contribution in [1.82, 2.24) is 14.9 Å². The Labute approximate surface area is 197 Å². The molecule has 1 aliphatic heterocycles. The number of halogens is 1. The van der Waals surface area contributed by atoms with Gasteiger partial charge in [0.05, 0.1) is 16.3 Å². The average molecular weight is 458 g/mol. The Morgan fingerprint density at radius 2 is 1.79 bits per heavy atom. The van der Waals surface area contributed by atoms with Crippen molar-refractivity contribution in [3.63, 3.8) is 0 Å². The number of nitrogens with one attached hydrogen (secondary N) is 1. The molecule has 166 valence electrons. The summed E-state index contributed by atoms with van der Waals surface area (Å²) in [5, 5.41) is 5.63. The number of pyridine rings is 2. The van der Waals surface area contributed by atoms with Crippen molar-refractivity contribution >= 4 is 39.8 Å². The van der Waals surface area contributed by atoms with Gasteiger partial charge in [-0.15, -0.1) is 0 Å². The largest absolute Gasteiger partial charge is 0.354 e. The SMILES string of the molecule is CN1CCN(c2ccc(C(=O)Nc3ccc(Cl)c(-c4nccc5ccccc45)c3)cn2)CC1. The van der Waals surface area contributed by atoms with Crippen LogP contribution in [0.15, 0.2) is 73.1 Å². The van der Waals surface area contributed by atoms with Gasteiger partial charge in [0, 0.05) is 55.2 Å². The molecule has 1 fully saturated rings. The molecule has 0 atom stereocenters. The molecule has 0 radical (unpaired) electrons. The van der Waals surface area contributed by atoms with Crippen LogP contribution in [0.1, 0.15) is 10.4 Å². The minimum Gasteiger partial charge on any atom is -0.354 e. The lowest BCUT2D eigenvalue weighted by Crippen LogP contribution is -2.44. The Balaban J connectivity index is 1.36. The highest BCUT2D eigenvalue weighted by Gasteiger charge is 2.16. The third-order valence-electron chi connectivity index (χ3n) is 5.99. The minimum atomic E-state index is -0.216. The van der Waals surface area contributed by atoms with Gasteiger partial charge in [0.25, 0.3) is 5.91 Å². The van der Waals surface area contributed by atoms with E-state index in [0.29, 0.717) is 16.3 Å². The molecule has 0 aliphatic carbocycles. The fourth-order valence-corrected chi connectivity index (χ4v) is 4.27. The van der Waals surface area contributed by atoms with Crippen molar-refractivity contribution in [2.75, 3.05) is 43.4 Å². The predicted octanol–water partition coefficient (Wildman–Crippen LogP) is 4.95. The summed E-state index contributed by atoms with van der Waals surface area (Å²) in [6, 6.07) is 19.2. The monoisotopic (exact) mass is 457 g/mol. The van der Waals surface area contributed by atoms with Crippen LogP contribution in [0.25, 0.3) is 22.0 Å². The maximum Gasteiger partial charge on any atom is 0.257 e. The van der Waals surface area contributed by atoms with E-state index in [1.807, 2.05) is 48.5 Å². The van der Waals surface area contributed by atoms with E-state index >= 15 is 0 Å². The predicted molar refractivity (Wildman–Crippen MR) is 134 cm³/mol. The first-order chi connectivity index (χ1) is 16.1. The molecule has 1 N–H and O–H groups in total. The van der Waals surface area contributed by atoms with Gasteiger partial charge in [0.15, 0.2) is 0 Å². The maximum absolute atomic E-state index is 12.9. The molecule has 6 nitrogen and oxygen atoms in total. The number of rotatable bonds is 4. The Morgan fingerprint density at radius 3 is 2.58 bits per heavy atom. The Kier molecular flexibility index (Phi) is 5.94. The number of nitrogens with zero attached hydrogens (tertiary/aromatic N) is 4. The minimum absolute atomic E-state index is 0.216. The maximum atomic E-state index is 12.9. The van der Waals surface area contributed by atoms with E-state index in [4.69, 9.17) is 11.6 Å². The molecule has 2 aromatic carbocycles. The van der Waals surface area contributed by atoms with Crippen LogP contribution in [0.2, 0.25) is 5.02 Å². The zero-order chi connectivity index (χ0) is 22.8. The van der Waals surface area contributed by atoms with E-state index in [2.05, 4.69) is 32.1 Å². The van der Waals surface area contributed by atoms with Crippen LogP contribution >= 0.6 is 11.6 Å². The van der Waals surface area contributed by atoms with Crippen LogP contribution in [0, 0.1) is 0 Å². The summed E-state index contributed by atoms with van der Waals surface area (Å²) in [7, 11) is 2.12. The number of likely N-dealkylation sites (N-methyl/N-ethyl adjacent to an activating group) is 1. The molecular weight excluding hydrogens is 434 g/mol. The molecule has 1 aliphatic rings. The van der Waals surface area contributed by atoms with Crippen molar-refractivity contribution in [2.24, 2.45) is 0 Å². The van der Waals surface area contributed by atoms with Crippen LogP contribution in [-0.2, 0) is 0 Å². The second-order valence-electron chi connectivity index (χ2n) is 8.22. The van der Waals surface area contributed by atoms with E-state index in [1.165, 1.54) is 0 Å². The quantitative estimate of drug-likeness (QED) is 0.469. The first-order valence-corrected chi connectivity index (χ1v) is 11.3. The molecule has 4 aromatic rings. The van der Waals surface area contributed by atoms with E-state index in [0.717, 1.165) is 54.0 Å². The van der Waals surface area contributed by atoms with Crippen molar-refractivity contribution in [1.29, 1.82) is 0 Å². The summed E-state index contributed by atoms with van der Waals surface area (Å²) in [6.07, 6.45) is 3.40. The number of hydrogen-bond donors (Lipinski definition) is 1. The lowest BCUT2D eigenvalue weighted by Gasteiger charge is -2.33. The van der Waals surface area contributed by atoms with E-state index in [-0.39, 0.29) is 5.91 Å². The number of amides is 1.